The van der Waals surface area contributed by atoms with Crippen LogP contribution in [-0.2, 0) is 19.6 Å². The first-order valence-corrected chi connectivity index (χ1v) is 13.5. The molecule has 4 rings (SSSR count). The highest BCUT2D eigenvalue weighted by atomic mass is 32.2. The highest BCUT2D eigenvalue weighted by Crippen LogP contribution is 2.33. The van der Waals surface area contributed by atoms with E-state index >= 15 is 0 Å². The number of nitrogens with two attached hydrogens (primary N) is 1. The van der Waals surface area contributed by atoms with Crippen molar-refractivity contribution in [2.75, 3.05) is 11.9 Å². The quantitative estimate of drug-likeness (QED) is 0.323. The number of hydrogen-bond acceptors (Lipinski definition) is 7. The smallest absolute Gasteiger partial charge is 0.266 e. The van der Waals surface area contributed by atoms with E-state index in [0.29, 0.717) is 26.4 Å². The largest absolute Gasteiger partial charge is 0.457 e. The summed E-state index contributed by atoms with van der Waals surface area (Å²) >= 11 is 6.53. The Bertz CT molecular complexity index is 1440. The summed E-state index contributed by atoms with van der Waals surface area (Å²) in [5.41, 5.74) is 1.19. The van der Waals surface area contributed by atoms with Gasteiger partial charge in [-0.1, -0.05) is 54.3 Å². The molecule has 1 fully saturated rings. The molecule has 0 aromatic heterocycles. The number of thioether (sulfide) groups is 1. The zero-order valence-corrected chi connectivity index (χ0v) is 21.2. The number of amides is 2. The van der Waals surface area contributed by atoms with Crippen LogP contribution in [-0.4, -0.2) is 36.0 Å². The number of rotatable bonds is 8. The van der Waals surface area contributed by atoms with Gasteiger partial charge in [-0.25, -0.2) is 13.6 Å². The molecule has 0 aliphatic carbocycles. The summed E-state index contributed by atoms with van der Waals surface area (Å²) in [6.45, 7) is 0.111. The van der Waals surface area contributed by atoms with Crippen LogP contribution in [0, 0.1) is 0 Å². The zero-order chi connectivity index (χ0) is 25.7. The minimum Gasteiger partial charge on any atom is -0.457 e. The van der Waals surface area contributed by atoms with Crippen molar-refractivity contribution in [1.82, 2.24) is 4.90 Å². The van der Waals surface area contributed by atoms with Crippen molar-refractivity contribution in [2.24, 2.45) is 5.14 Å². The average Bonchev–Trinajstić information content (AvgIpc) is 3.10. The van der Waals surface area contributed by atoms with Crippen LogP contribution in [0.4, 0.5) is 5.69 Å². The SMILES string of the molecule is NS(=O)(=O)c1ccc(NC(=O)CCN2C(=O)/C(=C/c3cccc(Oc4ccccc4)c3)SC2=S)cc1. The first-order chi connectivity index (χ1) is 17.2. The minimum absolute atomic E-state index is 0.0110. The molecule has 8 nitrogen and oxygen atoms in total. The fourth-order valence-corrected chi connectivity index (χ4v) is 5.13. The number of para-hydroxylation sites is 1. The van der Waals surface area contributed by atoms with Crippen LogP contribution >= 0.6 is 24.0 Å². The molecule has 0 saturated carbocycles. The van der Waals surface area contributed by atoms with Crippen molar-refractivity contribution in [2.45, 2.75) is 11.3 Å². The molecule has 0 unspecified atom stereocenters. The van der Waals surface area contributed by atoms with Crippen LogP contribution in [0.25, 0.3) is 6.08 Å². The van der Waals surface area contributed by atoms with Gasteiger partial charge in [0.1, 0.15) is 15.8 Å². The third-order valence-electron chi connectivity index (χ3n) is 5.04. The maximum Gasteiger partial charge on any atom is 0.266 e. The number of carbonyl (C=O) groups excluding carboxylic acids is 2. The van der Waals surface area contributed by atoms with E-state index < -0.39 is 10.0 Å². The fourth-order valence-electron chi connectivity index (χ4n) is 3.30. The summed E-state index contributed by atoms with van der Waals surface area (Å²) in [5.74, 6) is 0.727. The monoisotopic (exact) mass is 539 g/mol. The number of carbonyl (C=O) groups is 2. The van der Waals surface area contributed by atoms with Crippen LogP contribution in [0.2, 0.25) is 0 Å². The fraction of sp³-hybridized carbons (Fsp3) is 0.0800. The number of hydrogen-bond donors (Lipinski definition) is 2. The number of anilines is 1. The summed E-state index contributed by atoms with van der Waals surface area (Å²) in [4.78, 5) is 27.1. The summed E-state index contributed by atoms with van der Waals surface area (Å²) in [6.07, 6.45) is 1.75. The predicted octanol–water partition coefficient (Wildman–Crippen LogP) is 4.36. The molecule has 2 amide bonds. The number of thiocarbonyl (C=S) groups is 1. The topological polar surface area (TPSA) is 119 Å². The molecule has 184 valence electrons. The Labute approximate surface area is 218 Å². The lowest BCUT2D eigenvalue weighted by atomic mass is 10.2. The van der Waals surface area contributed by atoms with E-state index in [1.165, 1.54) is 40.9 Å². The Morgan fingerprint density at radius 3 is 2.42 bits per heavy atom. The van der Waals surface area contributed by atoms with E-state index in [-0.39, 0.29) is 29.7 Å². The molecule has 11 heteroatoms. The van der Waals surface area contributed by atoms with E-state index in [1.807, 2.05) is 54.6 Å². The second-order valence-electron chi connectivity index (χ2n) is 7.69. The first-order valence-electron chi connectivity index (χ1n) is 10.7. The molecule has 3 aromatic rings. The van der Waals surface area contributed by atoms with Crippen LogP contribution in [0.1, 0.15) is 12.0 Å². The van der Waals surface area contributed by atoms with E-state index in [9.17, 15) is 18.0 Å². The number of nitrogens with one attached hydrogen (secondary N) is 1. The lowest BCUT2D eigenvalue weighted by Gasteiger charge is -2.14. The number of primary sulfonamides is 1. The van der Waals surface area contributed by atoms with Gasteiger partial charge in [-0.15, -0.1) is 0 Å². The normalized spacial score (nSPS) is 14.8. The lowest BCUT2D eigenvalue weighted by Crippen LogP contribution is -2.31. The predicted molar refractivity (Wildman–Crippen MR) is 144 cm³/mol. The Balaban J connectivity index is 1.36. The standard InChI is InChI=1S/C25H21N3O5S3/c26-36(31,32)21-11-9-18(10-12-21)27-23(29)13-14-28-24(30)22(35-25(28)34)16-17-5-4-8-20(15-17)33-19-6-2-1-3-7-19/h1-12,15-16H,13-14H2,(H,27,29)(H2,26,31,32)/b22-16-. The minimum atomic E-state index is -3.81. The van der Waals surface area contributed by atoms with Gasteiger partial charge >= 0.3 is 0 Å². The van der Waals surface area contributed by atoms with Crippen molar-refractivity contribution in [3.63, 3.8) is 0 Å². The van der Waals surface area contributed by atoms with Gasteiger partial charge in [-0.3, -0.25) is 14.5 Å². The van der Waals surface area contributed by atoms with Crippen molar-refractivity contribution >= 4 is 61.9 Å². The van der Waals surface area contributed by atoms with E-state index in [2.05, 4.69) is 5.32 Å². The van der Waals surface area contributed by atoms with Gasteiger partial charge < -0.3 is 10.1 Å². The summed E-state index contributed by atoms with van der Waals surface area (Å²) in [6, 6.07) is 22.2. The van der Waals surface area contributed by atoms with E-state index in [0.717, 1.165) is 5.56 Å². The summed E-state index contributed by atoms with van der Waals surface area (Å²) in [5, 5.41) is 7.73. The van der Waals surface area contributed by atoms with Crippen molar-refractivity contribution in [3.8, 4) is 11.5 Å². The second kappa shape index (κ2) is 11.0. The molecular formula is C25H21N3O5S3. The Hall–Kier alpha value is -3.51. The van der Waals surface area contributed by atoms with Gasteiger partial charge in [0.15, 0.2) is 0 Å². The molecular weight excluding hydrogens is 518 g/mol. The Morgan fingerprint density at radius 1 is 1.03 bits per heavy atom. The molecule has 0 atom stereocenters. The molecule has 0 radical (unpaired) electrons. The molecule has 1 saturated heterocycles. The molecule has 1 heterocycles. The van der Waals surface area contributed by atoms with E-state index in [4.69, 9.17) is 22.1 Å². The van der Waals surface area contributed by atoms with Crippen LogP contribution < -0.4 is 15.2 Å². The first kappa shape index (κ1) is 25.6. The van der Waals surface area contributed by atoms with Crippen LogP contribution in [0.5, 0.6) is 11.5 Å². The molecule has 0 spiro atoms. The van der Waals surface area contributed by atoms with Gasteiger partial charge in [0.25, 0.3) is 5.91 Å². The van der Waals surface area contributed by atoms with Crippen LogP contribution in [0.3, 0.4) is 0 Å². The van der Waals surface area contributed by atoms with Gasteiger partial charge in [0.2, 0.25) is 15.9 Å². The summed E-state index contributed by atoms with van der Waals surface area (Å²) in [7, 11) is -3.81. The zero-order valence-electron chi connectivity index (χ0n) is 18.8. The third-order valence-corrected chi connectivity index (χ3v) is 7.34. The van der Waals surface area contributed by atoms with E-state index in [1.54, 1.807) is 6.08 Å². The van der Waals surface area contributed by atoms with Gasteiger partial charge in [0.05, 0.1) is 9.80 Å². The highest BCUT2D eigenvalue weighted by molar-refractivity contribution is 8.26. The van der Waals surface area contributed by atoms with Crippen LogP contribution in [0.15, 0.2) is 88.7 Å². The van der Waals surface area contributed by atoms with Crippen molar-refractivity contribution in [1.29, 1.82) is 0 Å². The Kier molecular flexibility index (Phi) is 7.85. The maximum atomic E-state index is 12.9. The second-order valence-corrected chi connectivity index (χ2v) is 10.9. The van der Waals surface area contributed by atoms with Gasteiger partial charge in [0, 0.05) is 18.7 Å². The Morgan fingerprint density at radius 2 is 1.72 bits per heavy atom. The molecule has 3 aromatic carbocycles. The van der Waals surface area contributed by atoms with Gasteiger partial charge in [-0.05, 0) is 60.2 Å². The highest BCUT2D eigenvalue weighted by Gasteiger charge is 2.32. The van der Waals surface area contributed by atoms with Crippen molar-refractivity contribution in [3.05, 3.63) is 89.3 Å². The molecule has 1 aliphatic heterocycles. The summed E-state index contributed by atoms with van der Waals surface area (Å²) < 4.78 is 28.9. The number of ether oxygens (including phenoxy) is 1. The molecule has 1 aliphatic rings. The average molecular weight is 540 g/mol. The number of benzene rings is 3. The molecule has 36 heavy (non-hydrogen) atoms. The number of nitrogens with zero attached hydrogens (tertiary/aromatic N) is 1. The molecule has 0 bridgehead atoms. The molecule has 3 N–H and O–H groups in total. The maximum absolute atomic E-state index is 12.9. The third kappa shape index (κ3) is 6.58. The van der Waals surface area contributed by atoms with Crippen molar-refractivity contribution < 1.29 is 22.7 Å². The number of sulfonamides is 1. The lowest BCUT2D eigenvalue weighted by molar-refractivity contribution is -0.122. The van der Waals surface area contributed by atoms with Gasteiger partial charge in [-0.2, -0.15) is 0 Å².